The van der Waals surface area contributed by atoms with Crippen molar-refractivity contribution in [1.29, 1.82) is 0 Å². The van der Waals surface area contributed by atoms with Crippen LogP contribution in [0.1, 0.15) is 44.6 Å². The molecule has 0 saturated carbocycles. The number of nitrogens with zero attached hydrogens (tertiary/aromatic N) is 1. The van der Waals surface area contributed by atoms with E-state index in [1.54, 1.807) is 18.2 Å². The highest BCUT2D eigenvalue weighted by atomic mass is 19.1. The summed E-state index contributed by atoms with van der Waals surface area (Å²) in [6.07, 6.45) is 4.54. The number of carbonyl (C=O) groups is 1. The van der Waals surface area contributed by atoms with E-state index >= 15 is 0 Å². The van der Waals surface area contributed by atoms with Crippen molar-refractivity contribution in [2.45, 2.75) is 44.4 Å². The summed E-state index contributed by atoms with van der Waals surface area (Å²) in [6, 6.07) is 14.0. The first-order valence-corrected chi connectivity index (χ1v) is 12.2. The van der Waals surface area contributed by atoms with Crippen LogP contribution in [0.25, 0.3) is 0 Å². The average Bonchev–Trinajstić information content (AvgIpc) is 2.83. The number of anilines is 1. The van der Waals surface area contributed by atoms with E-state index in [9.17, 15) is 9.18 Å². The zero-order valence-electron chi connectivity index (χ0n) is 19.5. The lowest BCUT2D eigenvalue weighted by Gasteiger charge is -2.36. The van der Waals surface area contributed by atoms with Gasteiger partial charge < -0.3 is 19.7 Å². The molecule has 1 N–H and O–H groups in total. The first-order valence-electron chi connectivity index (χ1n) is 12.2. The summed E-state index contributed by atoms with van der Waals surface area (Å²) in [5.74, 6) is 1.04. The fraction of sp³-hybridized carbons (Fsp3) is 0.519. The van der Waals surface area contributed by atoms with Crippen LogP contribution in [0.3, 0.4) is 0 Å². The van der Waals surface area contributed by atoms with Crippen molar-refractivity contribution in [3.8, 4) is 5.75 Å². The van der Waals surface area contributed by atoms with Crippen molar-refractivity contribution in [3.63, 3.8) is 0 Å². The summed E-state index contributed by atoms with van der Waals surface area (Å²) in [4.78, 5) is 15.9. The van der Waals surface area contributed by atoms with Crippen LogP contribution in [0.4, 0.5) is 10.1 Å². The third-order valence-electron chi connectivity index (χ3n) is 6.91. The van der Waals surface area contributed by atoms with Crippen molar-refractivity contribution < 1.29 is 18.7 Å². The molecule has 0 aliphatic carbocycles. The third-order valence-corrected chi connectivity index (χ3v) is 6.91. The molecule has 0 spiro atoms. The Hall–Kier alpha value is -2.44. The molecule has 1 atom stereocenters. The van der Waals surface area contributed by atoms with Crippen LogP contribution in [-0.2, 0) is 14.9 Å². The van der Waals surface area contributed by atoms with Gasteiger partial charge in [0.1, 0.15) is 11.6 Å². The van der Waals surface area contributed by atoms with Crippen molar-refractivity contribution in [3.05, 3.63) is 59.9 Å². The summed E-state index contributed by atoms with van der Waals surface area (Å²) in [6.45, 7) is 7.32. The lowest BCUT2D eigenvalue weighted by atomic mass is 9.73. The van der Waals surface area contributed by atoms with E-state index in [4.69, 9.17) is 9.47 Å². The van der Waals surface area contributed by atoms with E-state index in [2.05, 4.69) is 17.1 Å². The molecular weight excluding hydrogens is 419 g/mol. The number of likely N-dealkylation sites (tertiary alicyclic amines) is 1. The number of piperidine rings is 1. The normalized spacial score (nSPS) is 20.8. The van der Waals surface area contributed by atoms with Gasteiger partial charge in [-0.3, -0.25) is 4.79 Å². The monoisotopic (exact) mass is 454 g/mol. The molecule has 6 heteroatoms. The number of rotatable bonds is 8. The fourth-order valence-electron chi connectivity index (χ4n) is 5.04. The van der Waals surface area contributed by atoms with Gasteiger partial charge in [0.15, 0.2) is 0 Å². The number of hydrogen-bond donors (Lipinski definition) is 1. The van der Waals surface area contributed by atoms with Gasteiger partial charge in [0, 0.05) is 37.6 Å². The molecule has 2 fully saturated rings. The Labute approximate surface area is 196 Å². The van der Waals surface area contributed by atoms with Crippen molar-refractivity contribution in [2.75, 3.05) is 44.8 Å². The minimum absolute atomic E-state index is 0.194. The minimum Gasteiger partial charge on any atom is -0.494 e. The molecule has 2 aromatic rings. The standard InChI is InChI=1S/C27H35FN2O3/c1-21-6-4-15-30(20-21)16-5-17-33-23-11-9-22(10-12-23)29-26(31)27(13-18-32-19-14-27)24-7-2-3-8-25(24)28/h2-3,7-12,21H,4-6,13-20H2,1H3,(H,29,31)/t21-/m0/s1. The Kier molecular flexibility index (Phi) is 7.99. The van der Waals surface area contributed by atoms with E-state index in [0.29, 0.717) is 43.9 Å². The predicted molar refractivity (Wildman–Crippen MR) is 128 cm³/mol. The number of amides is 1. The topological polar surface area (TPSA) is 50.8 Å². The lowest BCUT2D eigenvalue weighted by molar-refractivity contribution is -0.125. The van der Waals surface area contributed by atoms with Gasteiger partial charge in [0.05, 0.1) is 12.0 Å². The molecule has 0 radical (unpaired) electrons. The second kappa shape index (κ2) is 11.1. The van der Waals surface area contributed by atoms with Crippen LogP contribution < -0.4 is 10.1 Å². The molecule has 4 rings (SSSR count). The smallest absolute Gasteiger partial charge is 0.235 e. The molecule has 2 aliphatic heterocycles. The number of carbonyl (C=O) groups excluding carboxylic acids is 1. The average molecular weight is 455 g/mol. The molecule has 1 amide bonds. The van der Waals surface area contributed by atoms with E-state index in [1.807, 2.05) is 24.3 Å². The lowest BCUT2D eigenvalue weighted by Crippen LogP contribution is -2.45. The van der Waals surface area contributed by atoms with Gasteiger partial charge in [0.25, 0.3) is 0 Å². The zero-order chi connectivity index (χ0) is 23.1. The highest BCUT2D eigenvalue weighted by Crippen LogP contribution is 2.37. The fourth-order valence-corrected chi connectivity index (χ4v) is 5.04. The number of benzene rings is 2. The maximum Gasteiger partial charge on any atom is 0.235 e. The van der Waals surface area contributed by atoms with Crippen LogP contribution in [0.2, 0.25) is 0 Å². The summed E-state index contributed by atoms with van der Waals surface area (Å²) in [7, 11) is 0. The number of nitrogens with one attached hydrogen (secondary N) is 1. The van der Waals surface area contributed by atoms with Gasteiger partial charge >= 0.3 is 0 Å². The Morgan fingerprint density at radius 3 is 2.67 bits per heavy atom. The highest BCUT2D eigenvalue weighted by Gasteiger charge is 2.43. The van der Waals surface area contributed by atoms with E-state index in [1.165, 1.54) is 32.0 Å². The Bertz CT molecular complexity index is 912. The highest BCUT2D eigenvalue weighted by molar-refractivity contribution is 5.99. The minimum atomic E-state index is -0.926. The molecule has 33 heavy (non-hydrogen) atoms. The van der Waals surface area contributed by atoms with Gasteiger partial charge in [-0.05, 0) is 74.9 Å². The molecule has 2 aliphatic rings. The van der Waals surface area contributed by atoms with Crippen LogP contribution in [0.5, 0.6) is 5.75 Å². The second-order valence-corrected chi connectivity index (χ2v) is 9.40. The molecule has 0 aromatic heterocycles. The molecule has 2 saturated heterocycles. The van der Waals surface area contributed by atoms with Crippen molar-refractivity contribution in [2.24, 2.45) is 5.92 Å². The SMILES string of the molecule is C[C@H]1CCCN(CCCOc2ccc(NC(=O)C3(c4ccccc4F)CCOCC3)cc2)C1. The molecule has 178 valence electrons. The van der Waals surface area contributed by atoms with Gasteiger partial charge in [0.2, 0.25) is 5.91 Å². The molecule has 0 bridgehead atoms. The predicted octanol–water partition coefficient (Wildman–Crippen LogP) is 5.01. The zero-order valence-corrected chi connectivity index (χ0v) is 19.5. The molecule has 5 nitrogen and oxygen atoms in total. The molecule has 0 unspecified atom stereocenters. The second-order valence-electron chi connectivity index (χ2n) is 9.40. The quantitative estimate of drug-likeness (QED) is 0.570. The molecule has 2 aromatic carbocycles. The van der Waals surface area contributed by atoms with Crippen molar-refractivity contribution in [1.82, 2.24) is 4.90 Å². The summed E-state index contributed by atoms with van der Waals surface area (Å²) >= 11 is 0. The summed E-state index contributed by atoms with van der Waals surface area (Å²) < 4.78 is 26.0. The van der Waals surface area contributed by atoms with Crippen molar-refractivity contribution >= 4 is 11.6 Å². The Morgan fingerprint density at radius 2 is 1.94 bits per heavy atom. The van der Waals surface area contributed by atoms with Crippen LogP contribution in [-0.4, -0.2) is 50.3 Å². The summed E-state index contributed by atoms with van der Waals surface area (Å²) in [5.41, 5.74) is 0.191. The summed E-state index contributed by atoms with van der Waals surface area (Å²) in [5, 5.41) is 3.00. The first-order chi connectivity index (χ1) is 16.1. The van der Waals surface area contributed by atoms with Crippen LogP contribution in [0, 0.1) is 11.7 Å². The van der Waals surface area contributed by atoms with Gasteiger partial charge in [-0.25, -0.2) is 4.39 Å². The van der Waals surface area contributed by atoms with E-state index < -0.39 is 5.41 Å². The Balaban J connectivity index is 1.32. The third kappa shape index (κ3) is 5.92. The number of hydrogen-bond acceptors (Lipinski definition) is 4. The molecular formula is C27H35FN2O3. The van der Waals surface area contributed by atoms with E-state index in [-0.39, 0.29) is 11.7 Å². The molecule has 2 heterocycles. The largest absolute Gasteiger partial charge is 0.494 e. The maximum absolute atomic E-state index is 14.6. The Morgan fingerprint density at radius 1 is 1.18 bits per heavy atom. The van der Waals surface area contributed by atoms with Crippen LogP contribution >= 0.6 is 0 Å². The van der Waals surface area contributed by atoms with Crippen LogP contribution in [0.15, 0.2) is 48.5 Å². The first kappa shape index (κ1) is 23.7. The van der Waals surface area contributed by atoms with Gasteiger partial charge in [-0.2, -0.15) is 0 Å². The van der Waals surface area contributed by atoms with E-state index in [0.717, 1.165) is 24.6 Å². The van der Waals surface area contributed by atoms with Gasteiger partial charge in [-0.1, -0.05) is 25.1 Å². The number of ether oxygens (including phenoxy) is 2. The number of halogens is 1. The van der Waals surface area contributed by atoms with Gasteiger partial charge in [-0.15, -0.1) is 0 Å². The maximum atomic E-state index is 14.6.